The molecule has 2 N–H and O–H groups in total. The van der Waals surface area contributed by atoms with Crippen LogP contribution >= 0.6 is 0 Å². The molecular weight excluding hydrogens is 236 g/mol. The van der Waals surface area contributed by atoms with Crippen molar-refractivity contribution in [2.24, 2.45) is 9.98 Å². The summed E-state index contributed by atoms with van der Waals surface area (Å²) < 4.78 is 0. The number of aliphatic imine (C=N–C) groups is 2. The molecule has 2 heterocycles. The Kier molecular flexibility index (Phi) is 2.97. The van der Waals surface area contributed by atoms with E-state index in [0.29, 0.717) is 6.42 Å². The second-order valence-electron chi connectivity index (χ2n) is 3.81. The summed E-state index contributed by atoms with van der Waals surface area (Å²) in [6, 6.07) is -0.571. The van der Waals surface area contributed by atoms with Crippen LogP contribution < -0.4 is 5.32 Å². The van der Waals surface area contributed by atoms with E-state index in [1.807, 2.05) is 0 Å². The Bertz CT molecular complexity index is 495. The molecule has 2 aliphatic rings. The molecule has 1 atom stereocenters. The zero-order valence-corrected chi connectivity index (χ0v) is 9.54. The zero-order chi connectivity index (χ0) is 13.2. The number of urea groups is 1. The molecule has 0 aliphatic carbocycles. The van der Waals surface area contributed by atoms with Crippen molar-refractivity contribution in [3.8, 4) is 0 Å². The summed E-state index contributed by atoms with van der Waals surface area (Å²) in [6.07, 6.45) is 5.17. The number of nitrogens with one attached hydrogen (secondary N) is 1. The number of rotatable bonds is 4. The van der Waals surface area contributed by atoms with Crippen LogP contribution in [0, 0.1) is 0 Å². The third-order valence-corrected chi connectivity index (χ3v) is 2.70. The van der Waals surface area contributed by atoms with Gasteiger partial charge < -0.3 is 10.4 Å². The number of aliphatic hydroxyl groups is 1. The average Bonchev–Trinajstić information content (AvgIpc) is 2.73. The number of carbonyl (C=O) groups is 2. The monoisotopic (exact) mass is 248 g/mol. The Labute approximate surface area is 103 Å². The van der Waals surface area contributed by atoms with Crippen molar-refractivity contribution in [1.82, 2.24) is 10.2 Å². The van der Waals surface area contributed by atoms with Gasteiger partial charge in [-0.25, -0.2) is 14.8 Å². The summed E-state index contributed by atoms with van der Waals surface area (Å²) in [6.45, 7) is 3.56. The number of hydrogen-bond acceptors (Lipinski definition) is 5. The lowest BCUT2D eigenvalue weighted by Gasteiger charge is -2.36. The number of imide groups is 1. The normalized spacial score (nSPS) is 26.2. The largest absolute Gasteiger partial charge is 0.516 e. The van der Waals surface area contributed by atoms with Gasteiger partial charge in [0.25, 0.3) is 5.91 Å². The van der Waals surface area contributed by atoms with Crippen molar-refractivity contribution < 1.29 is 14.7 Å². The molecule has 18 heavy (non-hydrogen) atoms. The van der Waals surface area contributed by atoms with Crippen LogP contribution in [0.2, 0.25) is 0 Å². The van der Waals surface area contributed by atoms with Crippen molar-refractivity contribution in [2.45, 2.75) is 12.1 Å². The van der Waals surface area contributed by atoms with Crippen LogP contribution in [0.3, 0.4) is 0 Å². The second kappa shape index (κ2) is 4.44. The van der Waals surface area contributed by atoms with Gasteiger partial charge in [0, 0.05) is 6.42 Å². The summed E-state index contributed by atoms with van der Waals surface area (Å²) in [7, 11) is 0. The summed E-state index contributed by atoms with van der Waals surface area (Å²) in [4.78, 5) is 32.9. The Morgan fingerprint density at radius 2 is 2.33 bits per heavy atom. The van der Waals surface area contributed by atoms with Gasteiger partial charge in [-0.2, -0.15) is 0 Å². The van der Waals surface area contributed by atoms with Crippen LogP contribution in [0.25, 0.3) is 0 Å². The molecule has 0 aromatic carbocycles. The highest BCUT2D eigenvalue weighted by atomic mass is 16.2. The van der Waals surface area contributed by atoms with Crippen molar-refractivity contribution in [2.75, 3.05) is 6.54 Å². The maximum atomic E-state index is 12.1. The summed E-state index contributed by atoms with van der Waals surface area (Å²) in [5.41, 5.74) is -0.955. The van der Waals surface area contributed by atoms with Crippen LogP contribution in [0.4, 0.5) is 4.79 Å². The second-order valence-corrected chi connectivity index (χ2v) is 3.81. The molecule has 0 spiro atoms. The molecule has 1 unspecified atom stereocenters. The smallest absolute Gasteiger partial charge is 0.326 e. The highest BCUT2D eigenvalue weighted by Crippen LogP contribution is 2.25. The highest BCUT2D eigenvalue weighted by molar-refractivity contribution is 6.48. The molecule has 1 fully saturated rings. The molecule has 2 aliphatic heterocycles. The van der Waals surface area contributed by atoms with E-state index in [2.05, 4.69) is 21.9 Å². The molecule has 1 saturated heterocycles. The van der Waals surface area contributed by atoms with E-state index < -0.39 is 17.6 Å². The molecule has 94 valence electrons. The first kappa shape index (κ1) is 12.0. The van der Waals surface area contributed by atoms with E-state index in [-0.39, 0.29) is 12.3 Å². The van der Waals surface area contributed by atoms with Crippen molar-refractivity contribution in [3.05, 3.63) is 25.0 Å². The van der Waals surface area contributed by atoms with Gasteiger partial charge in [0.15, 0.2) is 11.4 Å². The van der Waals surface area contributed by atoms with E-state index in [1.54, 1.807) is 6.08 Å². The minimum absolute atomic E-state index is 0.0235. The molecule has 0 aromatic rings. The van der Waals surface area contributed by atoms with Crippen molar-refractivity contribution >= 4 is 24.0 Å². The fourth-order valence-electron chi connectivity index (χ4n) is 1.87. The molecule has 7 nitrogen and oxygen atoms in total. The summed E-state index contributed by atoms with van der Waals surface area (Å²) in [5, 5.41) is 11.2. The average molecular weight is 248 g/mol. The molecule has 7 heteroatoms. The van der Waals surface area contributed by atoms with Gasteiger partial charge in [-0.3, -0.25) is 9.69 Å². The van der Waals surface area contributed by atoms with E-state index in [1.165, 1.54) is 12.4 Å². The lowest BCUT2D eigenvalue weighted by molar-refractivity contribution is -0.122. The molecule has 0 radical (unpaired) electrons. The quantitative estimate of drug-likeness (QED) is 0.555. The Hall–Kier alpha value is -2.44. The van der Waals surface area contributed by atoms with E-state index in [9.17, 15) is 9.59 Å². The SMILES string of the molecule is C=CCC12N=CN=C1C(=O)N(CC=CO)C(=O)N2. The van der Waals surface area contributed by atoms with Crippen LogP contribution in [-0.2, 0) is 4.79 Å². The van der Waals surface area contributed by atoms with Crippen molar-refractivity contribution in [3.63, 3.8) is 0 Å². The van der Waals surface area contributed by atoms with Crippen LogP contribution in [-0.4, -0.2) is 46.2 Å². The number of amides is 3. The van der Waals surface area contributed by atoms with Gasteiger partial charge in [0.1, 0.15) is 6.34 Å². The lowest BCUT2D eigenvalue weighted by atomic mass is 9.97. The number of hydrogen-bond donors (Lipinski definition) is 2. The molecule has 2 rings (SSSR count). The first-order valence-electron chi connectivity index (χ1n) is 5.31. The fourth-order valence-corrected chi connectivity index (χ4v) is 1.87. The van der Waals surface area contributed by atoms with Gasteiger partial charge in [0.2, 0.25) is 0 Å². The molecule has 0 aromatic heterocycles. The van der Waals surface area contributed by atoms with E-state index in [0.717, 1.165) is 11.2 Å². The molecule has 3 amide bonds. The van der Waals surface area contributed by atoms with Crippen molar-refractivity contribution in [1.29, 1.82) is 0 Å². The van der Waals surface area contributed by atoms with Crippen LogP contribution in [0.1, 0.15) is 6.42 Å². The fraction of sp³-hybridized carbons (Fsp3) is 0.273. The first-order chi connectivity index (χ1) is 8.64. The highest BCUT2D eigenvalue weighted by Gasteiger charge is 2.49. The minimum Gasteiger partial charge on any atom is -0.516 e. The zero-order valence-electron chi connectivity index (χ0n) is 9.54. The van der Waals surface area contributed by atoms with Crippen LogP contribution in [0.15, 0.2) is 35.0 Å². The predicted octanol–water partition coefficient (Wildman–Crippen LogP) is 0.365. The summed E-state index contributed by atoms with van der Waals surface area (Å²) in [5.74, 6) is -0.517. The third-order valence-electron chi connectivity index (χ3n) is 2.70. The van der Waals surface area contributed by atoms with E-state index in [4.69, 9.17) is 5.11 Å². The summed E-state index contributed by atoms with van der Waals surface area (Å²) >= 11 is 0. The van der Waals surface area contributed by atoms with Gasteiger partial charge in [-0.05, 0) is 6.08 Å². The Morgan fingerprint density at radius 1 is 1.56 bits per heavy atom. The number of fused-ring (bicyclic) bond motifs is 1. The standard InChI is InChI=1S/C11H12N4O3/c1-2-4-11-8(12-7-13-11)9(17)15(5-3-6-16)10(18)14-11/h2-3,6-7,16H,1,4-5H2,(H,14,18). The maximum Gasteiger partial charge on any atom is 0.326 e. The Balaban J connectivity index is 2.30. The van der Waals surface area contributed by atoms with Gasteiger partial charge >= 0.3 is 6.03 Å². The first-order valence-corrected chi connectivity index (χ1v) is 5.31. The maximum absolute atomic E-state index is 12.1. The number of nitrogens with zero attached hydrogens (tertiary/aromatic N) is 3. The van der Waals surface area contributed by atoms with Crippen LogP contribution in [0.5, 0.6) is 0 Å². The topological polar surface area (TPSA) is 94.4 Å². The third kappa shape index (κ3) is 1.69. The molecule has 0 bridgehead atoms. The number of carbonyl (C=O) groups excluding carboxylic acids is 2. The van der Waals surface area contributed by atoms with E-state index >= 15 is 0 Å². The molecular formula is C11H12N4O3. The Morgan fingerprint density at radius 3 is 3.00 bits per heavy atom. The van der Waals surface area contributed by atoms with Gasteiger partial charge in [0.05, 0.1) is 12.8 Å². The van der Waals surface area contributed by atoms with Gasteiger partial charge in [-0.1, -0.05) is 6.08 Å². The minimum atomic E-state index is -1.12. The molecule has 0 saturated carbocycles. The number of aliphatic hydroxyl groups excluding tert-OH is 1. The lowest BCUT2D eigenvalue weighted by Crippen LogP contribution is -2.66. The van der Waals surface area contributed by atoms with Gasteiger partial charge in [-0.15, -0.1) is 6.58 Å². The predicted molar refractivity (Wildman–Crippen MR) is 65.5 cm³/mol.